The Bertz CT molecular complexity index is 646. The third kappa shape index (κ3) is 7.22. The molecule has 0 aliphatic heterocycles. The molecule has 1 aromatic carbocycles. The van der Waals surface area contributed by atoms with Crippen LogP contribution in [0, 0.1) is 0 Å². The van der Waals surface area contributed by atoms with Gasteiger partial charge in [0.2, 0.25) is 0 Å². The summed E-state index contributed by atoms with van der Waals surface area (Å²) in [4.78, 5) is 2.12. The van der Waals surface area contributed by atoms with Crippen molar-refractivity contribution in [2.75, 3.05) is 47.6 Å². The van der Waals surface area contributed by atoms with Crippen molar-refractivity contribution in [1.82, 2.24) is 4.90 Å². The zero-order chi connectivity index (χ0) is 19.5. The van der Waals surface area contributed by atoms with Gasteiger partial charge in [0.25, 0.3) is 0 Å². The Labute approximate surface area is 160 Å². The fourth-order valence-corrected chi connectivity index (χ4v) is 2.73. The minimum absolute atomic E-state index is 0.232. The molecule has 2 aromatic rings. The fourth-order valence-electron chi connectivity index (χ4n) is 2.73. The molecule has 0 saturated heterocycles. The van der Waals surface area contributed by atoms with Gasteiger partial charge in [-0.3, -0.25) is 4.90 Å². The molecule has 7 nitrogen and oxygen atoms in total. The minimum Gasteiger partial charge on any atom is -0.493 e. The third-order valence-corrected chi connectivity index (χ3v) is 4.07. The number of hydrogen-bond donors (Lipinski definition) is 1. The molecule has 0 aliphatic carbocycles. The fraction of sp³-hybridized carbons (Fsp3) is 0.500. The van der Waals surface area contributed by atoms with Gasteiger partial charge in [0.05, 0.1) is 39.8 Å². The number of nitrogens with zero attached hydrogens (tertiary/aromatic N) is 1. The van der Waals surface area contributed by atoms with E-state index in [1.807, 2.05) is 30.3 Å². The highest BCUT2D eigenvalue weighted by atomic mass is 16.5. The molecule has 1 atom stereocenters. The molecule has 0 spiro atoms. The van der Waals surface area contributed by atoms with Crippen molar-refractivity contribution >= 4 is 0 Å². The Morgan fingerprint density at radius 1 is 1.11 bits per heavy atom. The van der Waals surface area contributed by atoms with Crippen molar-refractivity contribution in [1.29, 1.82) is 0 Å². The van der Waals surface area contributed by atoms with E-state index in [9.17, 15) is 5.11 Å². The summed E-state index contributed by atoms with van der Waals surface area (Å²) >= 11 is 0. The van der Waals surface area contributed by atoms with Crippen LogP contribution in [0.5, 0.6) is 11.5 Å². The smallest absolute Gasteiger partial charge is 0.161 e. The first-order valence-corrected chi connectivity index (χ1v) is 8.86. The van der Waals surface area contributed by atoms with Crippen molar-refractivity contribution in [3.63, 3.8) is 0 Å². The Morgan fingerprint density at radius 3 is 2.59 bits per heavy atom. The van der Waals surface area contributed by atoms with E-state index in [0.29, 0.717) is 44.3 Å². The SMILES string of the molecule is COCCN(Cc1ccc(OC)c(OC)c1)C[C@@H](O)COCc1ccco1. The van der Waals surface area contributed by atoms with Crippen LogP contribution in [0.3, 0.4) is 0 Å². The Morgan fingerprint density at radius 2 is 1.93 bits per heavy atom. The maximum atomic E-state index is 10.3. The van der Waals surface area contributed by atoms with Crippen LogP contribution in [0.4, 0.5) is 0 Å². The van der Waals surface area contributed by atoms with Crippen LogP contribution in [-0.2, 0) is 22.6 Å². The molecular weight excluding hydrogens is 350 g/mol. The molecule has 0 saturated carbocycles. The van der Waals surface area contributed by atoms with Gasteiger partial charge in [-0.25, -0.2) is 0 Å². The van der Waals surface area contributed by atoms with E-state index < -0.39 is 6.10 Å². The van der Waals surface area contributed by atoms with Crippen LogP contribution in [-0.4, -0.2) is 63.7 Å². The molecule has 0 bridgehead atoms. The van der Waals surface area contributed by atoms with Gasteiger partial charge in [0, 0.05) is 26.7 Å². The predicted molar refractivity (Wildman–Crippen MR) is 101 cm³/mol. The van der Waals surface area contributed by atoms with Crippen molar-refractivity contribution < 1.29 is 28.5 Å². The molecule has 27 heavy (non-hydrogen) atoms. The topological polar surface area (TPSA) is 73.5 Å². The van der Waals surface area contributed by atoms with E-state index in [-0.39, 0.29) is 6.61 Å². The number of aliphatic hydroxyl groups is 1. The highest BCUT2D eigenvalue weighted by Crippen LogP contribution is 2.28. The van der Waals surface area contributed by atoms with Gasteiger partial charge in [0.1, 0.15) is 12.4 Å². The molecular formula is C20H29NO6. The molecule has 2 rings (SSSR count). The number of aliphatic hydroxyl groups excluding tert-OH is 1. The van der Waals surface area contributed by atoms with Gasteiger partial charge in [-0.2, -0.15) is 0 Å². The second-order valence-electron chi connectivity index (χ2n) is 6.17. The van der Waals surface area contributed by atoms with Gasteiger partial charge >= 0.3 is 0 Å². The van der Waals surface area contributed by atoms with E-state index in [2.05, 4.69) is 4.90 Å². The molecule has 150 valence electrons. The van der Waals surface area contributed by atoms with Crippen molar-refractivity contribution in [2.45, 2.75) is 19.3 Å². The van der Waals surface area contributed by atoms with E-state index in [1.54, 1.807) is 27.6 Å². The molecule has 0 fully saturated rings. The Kier molecular flexibility index (Phi) is 9.13. The lowest BCUT2D eigenvalue weighted by Gasteiger charge is -2.25. The number of ether oxygens (including phenoxy) is 4. The van der Waals surface area contributed by atoms with Crippen molar-refractivity contribution in [3.05, 3.63) is 47.9 Å². The molecule has 0 amide bonds. The Hall–Kier alpha value is -2.06. The van der Waals surface area contributed by atoms with Crippen LogP contribution < -0.4 is 9.47 Å². The van der Waals surface area contributed by atoms with Crippen LogP contribution in [0.25, 0.3) is 0 Å². The molecule has 1 aromatic heterocycles. The quantitative estimate of drug-likeness (QED) is 0.572. The van der Waals surface area contributed by atoms with Gasteiger partial charge in [-0.05, 0) is 29.8 Å². The first-order valence-electron chi connectivity index (χ1n) is 8.86. The van der Waals surface area contributed by atoms with Crippen LogP contribution in [0.15, 0.2) is 41.0 Å². The number of benzene rings is 1. The van der Waals surface area contributed by atoms with E-state index in [4.69, 9.17) is 23.4 Å². The maximum Gasteiger partial charge on any atom is 0.161 e. The number of hydrogen-bond acceptors (Lipinski definition) is 7. The largest absolute Gasteiger partial charge is 0.493 e. The normalized spacial score (nSPS) is 12.3. The first kappa shape index (κ1) is 21.2. The van der Waals surface area contributed by atoms with Gasteiger partial charge in [-0.1, -0.05) is 6.07 Å². The lowest BCUT2D eigenvalue weighted by atomic mass is 10.1. The van der Waals surface area contributed by atoms with E-state index in [1.165, 1.54) is 0 Å². The van der Waals surface area contributed by atoms with Crippen molar-refractivity contribution in [2.24, 2.45) is 0 Å². The average molecular weight is 379 g/mol. The molecule has 0 unspecified atom stereocenters. The summed E-state index contributed by atoms with van der Waals surface area (Å²) in [5, 5.41) is 10.3. The van der Waals surface area contributed by atoms with Crippen LogP contribution in [0.1, 0.15) is 11.3 Å². The second kappa shape index (κ2) is 11.6. The number of methoxy groups -OCH3 is 3. The summed E-state index contributed by atoms with van der Waals surface area (Å²) in [6.45, 7) is 2.97. The van der Waals surface area contributed by atoms with Crippen LogP contribution >= 0.6 is 0 Å². The number of furan rings is 1. The second-order valence-corrected chi connectivity index (χ2v) is 6.17. The van der Waals surface area contributed by atoms with Crippen molar-refractivity contribution in [3.8, 4) is 11.5 Å². The number of rotatable bonds is 13. The summed E-state index contributed by atoms with van der Waals surface area (Å²) in [5.74, 6) is 2.11. The van der Waals surface area contributed by atoms with Gasteiger partial charge in [-0.15, -0.1) is 0 Å². The van der Waals surface area contributed by atoms with E-state index >= 15 is 0 Å². The van der Waals surface area contributed by atoms with E-state index in [0.717, 1.165) is 11.3 Å². The lowest BCUT2D eigenvalue weighted by Crippen LogP contribution is -2.36. The average Bonchev–Trinajstić information content (AvgIpc) is 3.19. The van der Waals surface area contributed by atoms with Crippen LogP contribution in [0.2, 0.25) is 0 Å². The molecule has 1 heterocycles. The summed E-state index contributed by atoms with van der Waals surface area (Å²) < 4.78 is 26.6. The van der Waals surface area contributed by atoms with Gasteiger partial charge < -0.3 is 28.5 Å². The molecule has 7 heteroatoms. The zero-order valence-corrected chi connectivity index (χ0v) is 16.2. The predicted octanol–water partition coefficient (Wildman–Crippen LogP) is 2.32. The highest BCUT2D eigenvalue weighted by Gasteiger charge is 2.14. The maximum absolute atomic E-state index is 10.3. The Balaban J connectivity index is 1.89. The minimum atomic E-state index is -0.614. The third-order valence-electron chi connectivity index (χ3n) is 4.07. The summed E-state index contributed by atoms with van der Waals surface area (Å²) in [6, 6.07) is 9.46. The van der Waals surface area contributed by atoms with Gasteiger partial charge in [0.15, 0.2) is 11.5 Å². The first-order chi connectivity index (χ1) is 13.2. The molecule has 1 N–H and O–H groups in total. The monoisotopic (exact) mass is 379 g/mol. The zero-order valence-electron chi connectivity index (χ0n) is 16.2. The molecule has 0 radical (unpaired) electrons. The molecule has 0 aliphatic rings. The standard InChI is InChI=1S/C20H29NO6/c1-23-10-8-21(12-16-6-7-19(24-2)20(11-16)25-3)13-17(22)14-26-15-18-5-4-9-27-18/h4-7,9,11,17,22H,8,10,12-15H2,1-3H3/t17-/m1/s1. The highest BCUT2D eigenvalue weighted by molar-refractivity contribution is 5.42. The summed E-state index contributed by atoms with van der Waals surface area (Å²) in [7, 11) is 4.89. The lowest BCUT2D eigenvalue weighted by molar-refractivity contribution is 0.000478. The summed E-state index contributed by atoms with van der Waals surface area (Å²) in [5.41, 5.74) is 1.06. The summed E-state index contributed by atoms with van der Waals surface area (Å²) in [6.07, 6.45) is 0.988.